The summed E-state index contributed by atoms with van der Waals surface area (Å²) in [5, 5.41) is 4.38. The summed E-state index contributed by atoms with van der Waals surface area (Å²) in [5.41, 5.74) is 2.14. The molecule has 1 heterocycles. The fourth-order valence-corrected chi connectivity index (χ4v) is 7.90. The highest BCUT2D eigenvalue weighted by atomic mass is 16.5. The van der Waals surface area contributed by atoms with E-state index >= 15 is 0 Å². The maximum Gasteiger partial charge on any atom is 0.303 e. The maximum atomic E-state index is 13.1. The first-order valence-electron chi connectivity index (χ1n) is 11.4. The normalized spacial score (nSPS) is 42.0. The molecule has 0 saturated heterocycles. The summed E-state index contributed by atoms with van der Waals surface area (Å²) in [6, 6.07) is 0. The summed E-state index contributed by atoms with van der Waals surface area (Å²) in [4.78, 5) is 36.7. The van der Waals surface area contributed by atoms with Crippen molar-refractivity contribution in [2.24, 2.45) is 34.5 Å². The van der Waals surface area contributed by atoms with Crippen LogP contribution in [0.15, 0.2) is 6.20 Å². The van der Waals surface area contributed by atoms with Gasteiger partial charge in [0.25, 0.3) is 0 Å². The Bertz CT molecular complexity index is 936. The first-order valence-corrected chi connectivity index (χ1v) is 11.4. The molecular weight excluding hydrogens is 380 g/mol. The van der Waals surface area contributed by atoms with Crippen molar-refractivity contribution in [3.63, 3.8) is 0 Å². The molecule has 1 aromatic heterocycles. The number of hydrogen-bond donors (Lipinski definition) is 0. The van der Waals surface area contributed by atoms with Gasteiger partial charge in [-0.1, -0.05) is 13.8 Å². The minimum atomic E-state index is -0.562. The van der Waals surface area contributed by atoms with Crippen LogP contribution in [0.4, 0.5) is 0 Å². The number of carbonyl (C=O) groups excluding carboxylic acids is 3. The second-order valence-electron chi connectivity index (χ2n) is 10.7. The third kappa shape index (κ3) is 2.61. The lowest BCUT2D eigenvalue weighted by Gasteiger charge is -2.59. The van der Waals surface area contributed by atoms with Gasteiger partial charge in [-0.3, -0.25) is 14.4 Å². The van der Waals surface area contributed by atoms with E-state index in [1.165, 1.54) is 12.5 Å². The minimum absolute atomic E-state index is 0.0112. The second kappa shape index (κ2) is 6.51. The summed E-state index contributed by atoms with van der Waals surface area (Å²) >= 11 is 0. The molecule has 0 amide bonds. The average Bonchev–Trinajstić information content (AvgIpc) is 3.18. The third-order valence-corrected chi connectivity index (χ3v) is 9.35. The molecule has 30 heavy (non-hydrogen) atoms. The number of ether oxygens (including phenoxy) is 1. The van der Waals surface area contributed by atoms with Gasteiger partial charge in [-0.25, -0.2) is 4.68 Å². The molecule has 7 atom stereocenters. The van der Waals surface area contributed by atoms with E-state index in [2.05, 4.69) is 18.9 Å². The first kappa shape index (κ1) is 20.0. The number of ketones is 1. The fourth-order valence-electron chi connectivity index (χ4n) is 7.90. The molecule has 5 rings (SSSR count). The van der Waals surface area contributed by atoms with Crippen molar-refractivity contribution in [3.8, 4) is 0 Å². The Morgan fingerprint density at radius 2 is 1.93 bits per heavy atom. The highest BCUT2D eigenvalue weighted by Crippen LogP contribution is 2.65. The molecular formula is C24H32N2O4. The Labute approximate surface area is 177 Å². The smallest absolute Gasteiger partial charge is 0.303 e. The second-order valence-corrected chi connectivity index (χ2v) is 10.7. The van der Waals surface area contributed by atoms with Gasteiger partial charge < -0.3 is 4.74 Å². The summed E-state index contributed by atoms with van der Waals surface area (Å²) in [6.45, 7) is 7.53. The maximum absolute atomic E-state index is 13.1. The summed E-state index contributed by atoms with van der Waals surface area (Å²) < 4.78 is 7.03. The van der Waals surface area contributed by atoms with Gasteiger partial charge in [-0.05, 0) is 79.6 Å². The molecule has 0 aromatic carbocycles. The molecule has 0 N–H and O–H groups in total. The number of rotatable bonds is 1. The van der Waals surface area contributed by atoms with Crippen LogP contribution in [0.25, 0.3) is 0 Å². The lowest BCUT2D eigenvalue weighted by atomic mass is 9.45. The molecule has 162 valence electrons. The molecule has 6 nitrogen and oxygen atoms in total. The topological polar surface area (TPSA) is 78.3 Å². The Hall–Kier alpha value is -1.98. The molecule has 3 fully saturated rings. The number of carbonyl (C=O) groups is 3. The van der Waals surface area contributed by atoms with Crippen molar-refractivity contribution in [3.05, 3.63) is 17.5 Å². The molecule has 0 radical (unpaired) electrons. The molecule has 4 aliphatic carbocycles. The van der Waals surface area contributed by atoms with E-state index in [0.29, 0.717) is 30.1 Å². The monoisotopic (exact) mass is 412 g/mol. The van der Waals surface area contributed by atoms with Crippen LogP contribution >= 0.6 is 0 Å². The standard InChI is InChI=1S/C24H32N2O4/c1-13(27)26-20-9-16-5-6-17-18(24(16,4)11-15(20)12-25-26)7-8-23(3)19(17)10-21(22(23)29)30-14(2)28/h12,16-19,21H,5-11H2,1-4H3/t16-,17+,18-,19-,21-,23-,24-/m0/s1. The van der Waals surface area contributed by atoms with E-state index in [0.717, 1.165) is 44.2 Å². The summed E-state index contributed by atoms with van der Waals surface area (Å²) in [7, 11) is 0. The van der Waals surface area contributed by atoms with Crippen LogP contribution in [0.5, 0.6) is 0 Å². The van der Waals surface area contributed by atoms with Crippen LogP contribution in [-0.2, 0) is 27.2 Å². The van der Waals surface area contributed by atoms with Crippen molar-refractivity contribution < 1.29 is 19.1 Å². The van der Waals surface area contributed by atoms with Gasteiger partial charge in [0.1, 0.15) is 0 Å². The lowest BCUT2D eigenvalue weighted by Crippen LogP contribution is -2.54. The number of Topliss-reactive ketones (excluding diaryl/α,β-unsaturated/α-hetero) is 1. The largest absolute Gasteiger partial charge is 0.455 e. The predicted octanol–water partition coefficient (Wildman–Crippen LogP) is 3.61. The van der Waals surface area contributed by atoms with Crippen LogP contribution in [0.2, 0.25) is 0 Å². The average molecular weight is 413 g/mol. The Morgan fingerprint density at radius 1 is 1.17 bits per heavy atom. The van der Waals surface area contributed by atoms with Crippen LogP contribution in [-0.4, -0.2) is 33.5 Å². The molecule has 3 saturated carbocycles. The minimum Gasteiger partial charge on any atom is -0.455 e. The van der Waals surface area contributed by atoms with Crippen molar-refractivity contribution in [1.29, 1.82) is 0 Å². The third-order valence-electron chi connectivity index (χ3n) is 9.35. The molecule has 6 heteroatoms. The van der Waals surface area contributed by atoms with E-state index < -0.39 is 6.10 Å². The van der Waals surface area contributed by atoms with Crippen LogP contribution in [0.1, 0.15) is 75.9 Å². The Balaban J connectivity index is 1.45. The highest BCUT2D eigenvalue weighted by molar-refractivity contribution is 5.92. The number of nitrogens with zero attached hydrogens (tertiary/aromatic N) is 2. The van der Waals surface area contributed by atoms with E-state index in [-0.39, 0.29) is 28.5 Å². The SMILES string of the molecule is CC(=O)O[C@H]1C[C@H]2[C@@H]3CC[C@H]4Cc5c(cnn5C(C)=O)C[C@]4(C)[C@H]3CC[C@]2(C)C1=O. The van der Waals surface area contributed by atoms with E-state index in [4.69, 9.17) is 4.74 Å². The van der Waals surface area contributed by atoms with E-state index in [9.17, 15) is 14.4 Å². The van der Waals surface area contributed by atoms with E-state index in [1.54, 1.807) is 11.6 Å². The Kier molecular flexibility index (Phi) is 4.33. The molecule has 1 aromatic rings. The molecule has 0 unspecified atom stereocenters. The van der Waals surface area contributed by atoms with Gasteiger partial charge in [0.2, 0.25) is 5.91 Å². The molecule has 0 bridgehead atoms. The predicted molar refractivity (Wildman–Crippen MR) is 110 cm³/mol. The van der Waals surface area contributed by atoms with Gasteiger partial charge in [0.15, 0.2) is 11.9 Å². The van der Waals surface area contributed by atoms with Crippen LogP contribution in [0.3, 0.4) is 0 Å². The van der Waals surface area contributed by atoms with Gasteiger partial charge in [-0.2, -0.15) is 5.10 Å². The Morgan fingerprint density at radius 3 is 2.63 bits per heavy atom. The number of esters is 1. The molecule has 0 aliphatic heterocycles. The zero-order valence-corrected chi connectivity index (χ0v) is 18.4. The number of hydrogen-bond acceptors (Lipinski definition) is 5. The zero-order chi connectivity index (χ0) is 21.4. The van der Waals surface area contributed by atoms with Crippen molar-refractivity contribution >= 4 is 17.7 Å². The summed E-state index contributed by atoms with van der Waals surface area (Å²) in [5.74, 6) is 1.68. The molecule has 4 aliphatic rings. The highest BCUT2D eigenvalue weighted by Gasteiger charge is 2.63. The number of fused-ring (bicyclic) bond motifs is 6. The van der Waals surface area contributed by atoms with Gasteiger partial charge in [-0.15, -0.1) is 0 Å². The number of aromatic nitrogens is 2. The van der Waals surface area contributed by atoms with Crippen LogP contribution in [0, 0.1) is 34.5 Å². The van der Waals surface area contributed by atoms with E-state index in [1.807, 2.05) is 6.20 Å². The van der Waals surface area contributed by atoms with Crippen molar-refractivity contribution in [1.82, 2.24) is 9.78 Å². The van der Waals surface area contributed by atoms with Crippen LogP contribution < -0.4 is 0 Å². The summed E-state index contributed by atoms with van der Waals surface area (Å²) in [6.07, 6.45) is 8.09. The lowest BCUT2D eigenvalue weighted by molar-refractivity contribution is -0.154. The van der Waals surface area contributed by atoms with Gasteiger partial charge in [0.05, 0.1) is 11.9 Å². The fraction of sp³-hybridized carbons (Fsp3) is 0.750. The van der Waals surface area contributed by atoms with Gasteiger partial charge >= 0.3 is 5.97 Å². The van der Waals surface area contributed by atoms with Crippen molar-refractivity contribution in [2.75, 3.05) is 0 Å². The van der Waals surface area contributed by atoms with Gasteiger partial charge in [0, 0.05) is 19.3 Å². The van der Waals surface area contributed by atoms with Crippen molar-refractivity contribution in [2.45, 2.75) is 78.7 Å². The quantitative estimate of drug-likeness (QED) is 0.659. The molecule has 0 spiro atoms. The first-order chi connectivity index (χ1) is 14.1. The zero-order valence-electron chi connectivity index (χ0n) is 18.4.